The Kier molecular flexibility index (Phi) is 3.47. The number of rotatable bonds is 3. The van der Waals surface area contributed by atoms with Gasteiger partial charge in [-0.05, 0) is 47.6 Å². The minimum Gasteiger partial charge on any atom is -0.148 e. The molecular weight excluding hydrogens is 280 g/mol. The normalized spacial score (nSPS) is 26.3. The molecule has 2 aromatic rings. The molecule has 0 N–H and O–H groups in total. The van der Waals surface area contributed by atoms with E-state index >= 15 is 0 Å². The predicted molar refractivity (Wildman–Crippen MR) is 88.7 cm³/mol. The quantitative estimate of drug-likeness (QED) is 0.644. The Bertz CT molecular complexity index is 498. The van der Waals surface area contributed by atoms with Crippen LogP contribution >= 0.6 is 22.7 Å². The second-order valence-corrected chi connectivity index (χ2v) is 8.36. The highest BCUT2D eigenvalue weighted by atomic mass is 32.1. The van der Waals surface area contributed by atoms with Gasteiger partial charge in [0.2, 0.25) is 0 Å². The van der Waals surface area contributed by atoms with Crippen LogP contribution < -0.4 is 0 Å². The van der Waals surface area contributed by atoms with Crippen LogP contribution in [0.4, 0.5) is 0 Å². The van der Waals surface area contributed by atoms with Crippen LogP contribution in [0.25, 0.3) is 0 Å². The van der Waals surface area contributed by atoms with Gasteiger partial charge in [0.05, 0.1) is 0 Å². The third kappa shape index (κ3) is 1.92. The topological polar surface area (TPSA) is 0 Å². The molecule has 2 aromatic heterocycles. The van der Waals surface area contributed by atoms with Crippen molar-refractivity contribution < 1.29 is 0 Å². The zero-order valence-electron chi connectivity index (χ0n) is 11.9. The Hall–Kier alpha value is -0.600. The Morgan fingerprint density at radius 2 is 1.50 bits per heavy atom. The molecule has 0 nitrogen and oxygen atoms in total. The van der Waals surface area contributed by atoms with Gasteiger partial charge < -0.3 is 0 Å². The Morgan fingerprint density at radius 1 is 0.850 bits per heavy atom. The standard InChI is InChI=1S/C18H22S2/c1-2-6-14(7-3-1)15-10-11-18(15,16-8-4-12-19-16)17-9-5-13-20-17/h4-5,8-9,12-15H,1-3,6-7,10-11H2. The Morgan fingerprint density at radius 3 is 1.95 bits per heavy atom. The molecule has 0 bridgehead atoms. The van der Waals surface area contributed by atoms with Crippen molar-refractivity contribution in [2.45, 2.75) is 50.4 Å². The first-order valence-electron chi connectivity index (χ1n) is 7.99. The molecule has 0 spiro atoms. The predicted octanol–water partition coefficient (Wildman–Crippen LogP) is 6.09. The van der Waals surface area contributed by atoms with Crippen LogP contribution in [0.1, 0.15) is 54.7 Å². The first-order chi connectivity index (χ1) is 9.91. The zero-order valence-corrected chi connectivity index (χ0v) is 13.5. The molecule has 2 aliphatic carbocycles. The van der Waals surface area contributed by atoms with E-state index in [-0.39, 0.29) is 0 Å². The van der Waals surface area contributed by atoms with Crippen LogP contribution in [-0.4, -0.2) is 0 Å². The highest BCUT2D eigenvalue weighted by Crippen LogP contribution is 2.60. The lowest BCUT2D eigenvalue weighted by molar-refractivity contribution is 0.0759. The summed E-state index contributed by atoms with van der Waals surface area (Å²) in [5.41, 5.74) is 0.379. The summed E-state index contributed by atoms with van der Waals surface area (Å²) in [6.07, 6.45) is 10.2. The van der Waals surface area contributed by atoms with Gasteiger partial charge in [0.15, 0.2) is 0 Å². The maximum atomic E-state index is 2.39. The fraction of sp³-hybridized carbons (Fsp3) is 0.556. The molecule has 2 heteroatoms. The summed E-state index contributed by atoms with van der Waals surface area (Å²) in [6, 6.07) is 9.26. The maximum Gasteiger partial charge on any atom is 0.0421 e. The van der Waals surface area contributed by atoms with Crippen LogP contribution in [0.5, 0.6) is 0 Å². The minimum absolute atomic E-state index is 0.379. The fourth-order valence-electron chi connectivity index (χ4n) is 4.57. The molecule has 0 aliphatic heterocycles. The molecule has 2 saturated carbocycles. The average Bonchev–Trinajstić information content (AvgIpc) is 3.13. The van der Waals surface area contributed by atoms with Gasteiger partial charge in [-0.25, -0.2) is 0 Å². The molecule has 0 aromatic carbocycles. The van der Waals surface area contributed by atoms with Gasteiger partial charge >= 0.3 is 0 Å². The van der Waals surface area contributed by atoms with Gasteiger partial charge in [-0.2, -0.15) is 0 Å². The maximum absolute atomic E-state index is 2.39. The van der Waals surface area contributed by atoms with E-state index in [9.17, 15) is 0 Å². The molecule has 20 heavy (non-hydrogen) atoms. The van der Waals surface area contributed by atoms with E-state index in [4.69, 9.17) is 0 Å². The molecule has 2 aliphatic rings. The number of thiophene rings is 2. The van der Waals surface area contributed by atoms with E-state index in [0.717, 1.165) is 11.8 Å². The second-order valence-electron chi connectivity index (χ2n) is 6.47. The second kappa shape index (κ2) is 5.31. The fourth-order valence-corrected chi connectivity index (χ4v) is 6.71. The lowest BCUT2D eigenvalue weighted by Gasteiger charge is -2.53. The molecule has 2 fully saturated rings. The van der Waals surface area contributed by atoms with Crippen LogP contribution in [-0.2, 0) is 5.41 Å². The third-order valence-electron chi connectivity index (χ3n) is 5.62. The zero-order chi connectivity index (χ0) is 13.4. The van der Waals surface area contributed by atoms with E-state index in [1.54, 1.807) is 9.75 Å². The summed E-state index contributed by atoms with van der Waals surface area (Å²) < 4.78 is 0. The van der Waals surface area contributed by atoms with Gasteiger partial charge in [0.1, 0.15) is 0 Å². The molecule has 4 rings (SSSR count). The van der Waals surface area contributed by atoms with E-state index in [1.165, 1.54) is 44.9 Å². The highest BCUT2D eigenvalue weighted by Gasteiger charge is 2.53. The van der Waals surface area contributed by atoms with Gasteiger partial charge in [0, 0.05) is 15.2 Å². The SMILES string of the molecule is c1csc(C2(c3cccs3)CCC2C2CCCCC2)c1. The summed E-state index contributed by atoms with van der Waals surface area (Å²) >= 11 is 3.96. The highest BCUT2D eigenvalue weighted by molar-refractivity contribution is 7.11. The summed E-state index contributed by atoms with van der Waals surface area (Å²) in [6.45, 7) is 0. The van der Waals surface area contributed by atoms with Crippen molar-refractivity contribution in [3.63, 3.8) is 0 Å². The molecule has 2 heterocycles. The van der Waals surface area contributed by atoms with Crippen LogP contribution in [0.15, 0.2) is 35.0 Å². The van der Waals surface area contributed by atoms with Gasteiger partial charge in [-0.1, -0.05) is 44.2 Å². The van der Waals surface area contributed by atoms with Crippen molar-refractivity contribution in [3.05, 3.63) is 44.8 Å². The van der Waals surface area contributed by atoms with Crippen molar-refractivity contribution in [2.75, 3.05) is 0 Å². The third-order valence-corrected chi connectivity index (χ3v) is 7.72. The van der Waals surface area contributed by atoms with Gasteiger partial charge in [0.25, 0.3) is 0 Å². The van der Waals surface area contributed by atoms with E-state index in [2.05, 4.69) is 35.0 Å². The van der Waals surface area contributed by atoms with Gasteiger partial charge in [-0.3, -0.25) is 0 Å². The molecule has 0 radical (unpaired) electrons. The van der Waals surface area contributed by atoms with Crippen molar-refractivity contribution in [2.24, 2.45) is 11.8 Å². The minimum atomic E-state index is 0.379. The van der Waals surface area contributed by atoms with E-state index in [0.29, 0.717) is 5.41 Å². The molecule has 0 saturated heterocycles. The number of hydrogen-bond acceptors (Lipinski definition) is 2. The van der Waals surface area contributed by atoms with Crippen molar-refractivity contribution in [3.8, 4) is 0 Å². The smallest absolute Gasteiger partial charge is 0.0421 e. The summed E-state index contributed by atoms with van der Waals surface area (Å²) in [4.78, 5) is 3.25. The Balaban J connectivity index is 1.73. The molecular formula is C18H22S2. The van der Waals surface area contributed by atoms with E-state index < -0.39 is 0 Å². The van der Waals surface area contributed by atoms with E-state index in [1.807, 2.05) is 22.7 Å². The van der Waals surface area contributed by atoms with Crippen molar-refractivity contribution >= 4 is 22.7 Å². The monoisotopic (exact) mass is 302 g/mol. The molecule has 1 unspecified atom stereocenters. The van der Waals surface area contributed by atoms with Crippen LogP contribution in [0.2, 0.25) is 0 Å². The molecule has 106 valence electrons. The van der Waals surface area contributed by atoms with Crippen molar-refractivity contribution in [1.29, 1.82) is 0 Å². The van der Waals surface area contributed by atoms with Crippen molar-refractivity contribution in [1.82, 2.24) is 0 Å². The molecule has 1 atom stereocenters. The molecule has 0 amide bonds. The summed E-state index contributed by atoms with van der Waals surface area (Å²) in [5, 5.41) is 4.53. The lowest BCUT2D eigenvalue weighted by atomic mass is 9.52. The number of hydrogen-bond donors (Lipinski definition) is 0. The largest absolute Gasteiger partial charge is 0.148 e. The lowest BCUT2D eigenvalue weighted by Crippen LogP contribution is -2.48. The van der Waals surface area contributed by atoms with Crippen LogP contribution in [0.3, 0.4) is 0 Å². The Labute approximate surface area is 129 Å². The summed E-state index contributed by atoms with van der Waals surface area (Å²) in [7, 11) is 0. The van der Waals surface area contributed by atoms with Crippen LogP contribution in [0, 0.1) is 11.8 Å². The first-order valence-corrected chi connectivity index (χ1v) is 9.75. The average molecular weight is 303 g/mol. The van der Waals surface area contributed by atoms with Gasteiger partial charge in [-0.15, -0.1) is 22.7 Å². The first kappa shape index (κ1) is 13.1. The summed E-state index contributed by atoms with van der Waals surface area (Å²) in [5.74, 6) is 1.88.